The van der Waals surface area contributed by atoms with Gasteiger partial charge in [0.25, 0.3) is 0 Å². The van der Waals surface area contributed by atoms with Crippen LogP contribution < -0.4 is 5.32 Å². The van der Waals surface area contributed by atoms with Gasteiger partial charge in [0.15, 0.2) is 0 Å². The van der Waals surface area contributed by atoms with Gasteiger partial charge in [-0.2, -0.15) is 0 Å². The van der Waals surface area contributed by atoms with Crippen molar-refractivity contribution in [3.8, 4) is 11.3 Å². The van der Waals surface area contributed by atoms with Crippen LogP contribution in [0.4, 0.5) is 0 Å². The number of H-pyrrole nitrogens is 1. The zero-order valence-electron chi connectivity index (χ0n) is 13.1. The van der Waals surface area contributed by atoms with Crippen LogP contribution >= 0.6 is 0 Å². The Kier molecular flexibility index (Phi) is 4.41. The van der Waals surface area contributed by atoms with E-state index in [1.165, 1.54) is 0 Å². The fourth-order valence-electron chi connectivity index (χ4n) is 2.93. The molecule has 1 fully saturated rings. The number of hydrogen-bond donors (Lipinski definition) is 2. The van der Waals surface area contributed by atoms with Gasteiger partial charge in [-0.3, -0.25) is 9.59 Å². The third kappa shape index (κ3) is 3.26. The van der Waals surface area contributed by atoms with E-state index in [-0.39, 0.29) is 11.9 Å². The molecule has 0 bridgehead atoms. The quantitative estimate of drug-likeness (QED) is 0.824. The van der Waals surface area contributed by atoms with Gasteiger partial charge in [0.05, 0.1) is 12.0 Å². The lowest BCUT2D eigenvalue weighted by Crippen LogP contribution is -2.42. The number of amides is 2. The molecule has 1 unspecified atom stereocenters. The lowest BCUT2D eigenvalue weighted by molar-refractivity contribution is -0.131. The first-order chi connectivity index (χ1) is 11.2. The van der Waals surface area contributed by atoms with Crippen molar-refractivity contribution in [1.82, 2.24) is 20.2 Å². The van der Waals surface area contributed by atoms with Crippen LogP contribution in [0.2, 0.25) is 0 Å². The normalized spacial score (nSPS) is 17.3. The van der Waals surface area contributed by atoms with E-state index in [2.05, 4.69) is 15.3 Å². The molecule has 2 N–H and O–H groups in total. The summed E-state index contributed by atoms with van der Waals surface area (Å²) in [5.74, 6) is -0.0816. The first-order valence-corrected chi connectivity index (χ1v) is 7.77. The van der Waals surface area contributed by atoms with Crippen LogP contribution in [0.3, 0.4) is 0 Å². The highest BCUT2D eigenvalue weighted by Gasteiger charge is 2.29. The largest absolute Gasteiger partial charge is 0.350 e. The fraction of sp³-hybridized carbons (Fsp3) is 0.353. The molecule has 1 aliphatic rings. The summed E-state index contributed by atoms with van der Waals surface area (Å²) in [7, 11) is 0. The first-order valence-electron chi connectivity index (χ1n) is 7.77. The molecule has 1 atom stereocenters. The highest BCUT2D eigenvalue weighted by molar-refractivity contribution is 5.84. The van der Waals surface area contributed by atoms with Gasteiger partial charge in [0.1, 0.15) is 6.04 Å². The number of carbonyl (C=O) groups excluding carboxylic acids is 2. The van der Waals surface area contributed by atoms with Crippen LogP contribution in [0.25, 0.3) is 11.3 Å². The highest BCUT2D eigenvalue weighted by Crippen LogP contribution is 2.20. The van der Waals surface area contributed by atoms with Gasteiger partial charge in [-0.05, 0) is 25.3 Å². The molecule has 2 heterocycles. The Morgan fingerprint density at radius 1 is 1.43 bits per heavy atom. The van der Waals surface area contributed by atoms with Crippen molar-refractivity contribution in [3.63, 3.8) is 0 Å². The summed E-state index contributed by atoms with van der Waals surface area (Å²) in [5, 5.41) is 2.91. The average Bonchev–Trinajstić information content (AvgIpc) is 3.21. The number of aromatic nitrogens is 2. The van der Waals surface area contributed by atoms with Gasteiger partial charge in [0, 0.05) is 24.3 Å². The van der Waals surface area contributed by atoms with Crippen LogP contribution in [0, 0.1) is 6.92 Å². The number of nitrogens with zero attached hydrogens (tertiary/aromatic N) is 2. The van der Waals surface area contributed by atoms with E-state index in [9.17, 15) is 9.59 Å². The molecule has 2 amide bonds. The SMILES string of the molecule is Cc1[nH]cnc1-c1ccc(CNC(=O)C2CCCN2C=O)cc1. The zero-order chi connectivity index (χ0) is 16.2. The van der Waals surface area contributed by atoms with Crippen molar-refractivity contribution in [2.75, 3.05) is 6.54 Å². The Hall–Kier alpha value is -2.63. The second kappa shape index (κ2) is 6.64. The first kappa shape index (κ1) is 15.3. The van der Waals surface area contributed by atoms with Gasteiger partial charge in [-0.15, -0.1) is 0 Å². The fourth-order valence-corrected chi connectivity index (χ4v) is 2.93. The standard InChI is InChI=1S/C17H20N4O2/c1-12-16(20-10-19-12)14-6-4-13(5-7-14)9-18-17(23)15-3-2-8-21(15)11-22/h4-7,10-11,15H,2-3,8-9H2,1H3,(H,18,23)(H,19,20). The molecule has 23 heavy (non-hydrogen) atoms. The third-order valence-corrected chi connectivity index (χ3v) is 4.26. The molecular formula is C17H20N4O2. The number of hydrogen-bond acceptors (Lipinski definition) is 3. The summed E-state index contributed by atoms with van der Waals surface area (Å²) in [6.45, 7) is 3.11. The van der Waals surface area contributed by atoms with Crippen molar-refractivity contribution >= 4 is 12.3 Å². The maximum Gasteiger partial charge on any atom is 0.243 e. The number of benzene rings is 1. The molecule has 2 aromatic rings. The Balaban J connectivity index is 1.60. The summed E-state index contributed by atoms with van der Waals surface area (Å²) in [6.07, 6.45) is 4.06. The summed E-state index contributed by atoms with van der Waals surface area (Å²) in [4.78, 5) is 32.0. The van der Waals surface area contributed by atoms with Crippen molar-refractivity contribution in [1.29, 1.82) is 0 Å². The number of aromatic amines is 1. The minimum absolute atomic E-state index is 0.0816. The minimum atomic E-state index is -0.321. The molecule has 1 aliphatic heterocycles. The predicted molar refractivity (Wildman–Crippen MR) is 86.4 cm³/mol. The molecule has 120 valence electrons. The monoisotopic (exact) mass is 312 g/mol. The number of rotatable bonds is 5. The van der Waals surface area contributed by atoms with Crippen molar-refractivity contribution in [2.45, 2.75) is 32.4 Å². The van der Waals surface area contributed by atoms with Crippen LogP contribution in [0.5, 0.6) is 0 Å². The van der Waals surface area contributed by atoms with E-state index >= 15 is 0 Å². The molecule has 1 aromatic carbocycles. The van der Waals surface area contributed by atoms with Crippen molar-refractivity contribution in [3.05, 3.63) is 41.9 Å². The third-order valence-electron chi connectivity index (χ3n) is 4.26. The van der Waals surface area contributed by atoms with Crippen LogP contribution in [0.1, 0.15) is 24.1 Å². The van der Waals surface area contributed by atoms with E-state index < -0.39 is 0 Å². The molecule has 0 spiro atoms. The van der Waals surface area contributed by atoms with Crippen LogP contribution in [0.15, 0.2) is 30.6 Å². The van der Waals surface area contributed by atoms with Crippen molar-refractivity contribution < 1.29 is 9.59 Å². The Morgan fingerprint density at radius 2 is 2.22 bits per heavy atom. The topological polar surface area (TPSA) is 78.1 Å². The van der Waals surface area contributed by atoms with E-state index in [0.29, 0.717) is 13.1 Å². The van der Waals surface area contributed by atoms with Gasteiger partial charge in [0.2, 0.25) is 12.3 Å². The second-order valence-corrected chi connectivity index (χ2v) is 5.79. The summed E-state index contributed by atoms with van der Waals surface area (Å²) in [5.41, 5.74) is 4.03. The van der Waals surface area contributed by atoms with Gasteiger partial charge >= 0.3 is 0 Å². The maximum atomic E-state index is 12.2. The molecule has 1 aromatic heterocycles. The average molecular weight is 312 g/mol. The molecule has 0 aliphatic carbocycles. The van der Waals surface area contributed by atoms with E-state index in [1.807, 2.05) is 31.2 Å². The van der Waals surface area contributed by atoms with E-state index in [1.54, 1.807) is 11.2 Å². The summed E-state index contributed by atoms with van der Waals surface area (Å²) < 4.78 is 0. The Morgan fingerprint density at radius 3 is 2.87 bits per heavy atom. The lowest BCUT2D eigenvalue weighted by Gasteiger charge is -2.19. The van der Waals surface area contributed by atoms with E-state index in [0.717, 1.165) is 41.8 Å². The second-order valence-electron chi connectivity index (χ2n) is 5.79. The van der Waals surface area contributed by atoms with Crippen molar-refractivity contribution in [2.24, 2.45) is 0 Å². The highest BCUT2D eigenvalue weighted by atomic mass is 16.2. The smallest absolute Gasteiger partial charge is 0.243 e. The molecule has 6 nitrogen and oxygen atoms in total. The number of imidazole rings is 1. The predicted octanol–water partition coefficient (Wildman–Crippen LogP) is 1.62. The Bertz CT molecular complexity index is 693. The molecule has 1 saturated heterocycles. The molecule has 0 radical (unpaired) electrons. The molecule has 6 heteroatoms. The van der Waals surface area contributed by atoms with Gasteiger partial charge < -0.3 is 15.2 Å². The van der Waals surface area contributed by atoms with E-state index in [4.69, 9.17) is 0 Å². The number of carbonyl (C=O) groups is 2. The summed E-state index contributed by atoms with van der Waals surface area (Å²) >= 11 is 0. The molecule has 0 saturated carbocycles. The van der Waals surface area contributed by atoms with Gasteiger partial charge in [-0.1, -0.05) is 24.3 Å². The number of nitrogens with one attached hydrogen (secondary N) is 2. The minimum Gasteiger partial charge on any atom is -0.350 e. The number of likely N-dealkylation sites (tertiary alicyclic amines) is 1. The summed E-state index contributed by atoms with van der Waals surface area (Å²) in [6, 6.07) is 7.64. The lowest BCUT2D eigenvalue weighted by atomic mass is 10.1. The molecule has 3 rings (SSSR count). The van der Waals surface area contributed by atoms with Crippen LogP contribution in [-0.2, 0) is 16.1 Å². The van der Waals surface area contributed by atoms with Gasteiger partial charge in [-0.25, -0.2) is 4.98 Å². The molecular weight excluding hydrogens is 292 g/mol. The van der Waals surface area contributed by atoms with Crippen LogP contribution in [-0.4, -0.2) is 39.8 Å². The zero-order valence-corrected chi connectivity index (χ0v) is 13.1. The maximum absolute atomic E-state index is 12.2. The number of aryl methyl sites for hydroxylation is 1. The Labute approximate surface area is 134 Å².